The lowest BCUT2D eigenvalue weighted by molar-refractivity contribution is -0.131. The molecule has 3 atom stereocenters. The van der Waals surface area contributed by atoms with Gasteiger partial charge in [0.15, 0.2) is 0 Å². The number of aliphatic hydroxyl groups is 1. The maximum Gasteiger partial charge on any atom is 0.259 e. The lowest BCUT2D eigenvalue weighted by Gasteiger charge is -2.37. The molecule has 3 rings (SSSR count). The first-order valence-electron chi connectivity index (χ1n) is 11.1. The number of nitrogens with zero attached hydrogens (tertiary/aromatic N) is 4. The number of likely N-dealkylation sites (N-methyl/N-ethyl adjacent to an activating group) is 1. The van der Waals surface area contributed by atoms with Crippen LogP contribution in [0.1, 0.15) is 48.7 Å². The molecule has 1 aliphatic heterocycles. The molecule has 3 heterocycles. The second-order valence-electron chi connectivity index (χ2n) is 8.32. The van der Waals surface area contributed by atoms with E-state index in [2.05, 4.69) is 21.8 Å². The Morgan fingerprint density at radius 3 is 2.79 bits per heavy atom. The molecule has 0 aromatic carbocycles. The van der Waals surface area contributed by atoms with Crippen LogP contribution in [0.2, 0.25) is 0 Å². The monoisotopic (exact) mass is 450 g/mol. The predicted octanol–water partition coefficient (Wildman–Crippen LogP) is 1.96. The molecule has 2 aromatic rings. The Bertz CT molecular complexity index is 1050. The van der Waals surface area contributed by atoms with Gasteiger partial charge in [-0.2, -0.15) is 0 Å². The fourth-order valence-electron chi connectivity index (χ4n) is 3.61. The fourth-order valence-corrected chi connectivity index (χ4v) is 3.61. The summed E-state index contributed by atoms with van der Waals surface area (Å²) in [5.74, 6) is 5.89. The van der Waals surface area contributed by atoms with Crippen LogP contribution in [0.15, 0.2) is 36.8 Å². The second-order valence-corrected chi connectivity index (χ2v) is 8.32. The average Bonchev–Trinajstić information content (AvgIpc) is 2.84. The smallest absolute Gasteiger partial charge is 0.259 e. The molecule has 2 amide bonds. The lowest BCUT2D eigenvalue weighted by Crippen LogP contribution is -2.50. The number of rotatable bonds is 5. The molecule has 33 heavy (non-hydrogen) atoms. The van der Waals surface area contributed by atoms with Crippen molar-refractivity contribution in [2.24, 2.45) is 5.92 Å². The first-order chi connectivity index (χ1) is 15.8. The van der Waals surface area contributed by atoms with Crippen molar-refractivity contribution < 1.29 is 19.4 Å². The van der Waals surface area contributed by atoms with E-state index in [1.807, 2.05) is 19.9 Å². The van der Waals surface area contributed by atoms with Gasteiger partial charge in [0, 0.05) is 55.6 Å². The molecule has 1 aliphatic rings. The maximum absolute atomic E-state index is 13.4. The molecule has 0 aliphatic carbocycles. The third-order valence-corrected chi connectivity index (χ3v) is 5.72. The summed E-state index contributed by atoms with van der Waals surface area (Å²) >= 11 is 0. The predicted molar refractivity (Wildman–Crippen MR) is 124 cm³/mol. The van der Waals surface area contributed by atoms with Crippen molar-refractivity contribution in [3.05, 3.63) is 53.5 Å². The number of carbonyl (C=O) groups is 2. The number of fused-ring (bicyclic) bond motifs is 1. The van der Waals surface area contributed by atoms with E-state index in [0.29, 0.717) is 25.1 Å². The van der Waals surface area contributed by atoms with E-state index in [1.165, 1.54) is 0 Å². The van der Waals surface area contributed by atoms with Gasteiger partial charge in [-0.1, -0.05) is 25.7 Å². The Labute approximate surface area is 194 Å². The van der Waals surface area contributed by atoms with Crippen LogP contribution in [0.25, 0.3) is 0 Å². The molecule has 8 nitrogen and oxygen atoms in total. The van der Waals surface area contributed by atoms with Gasteiger partial charge in [0.2, 0.25) is 11.8 Å². The van der Waals surface area contributed by atoms with E-state index < -0.39 is 0 Å². The summed E-state index contributed by atoms with van der Waals surface area (Å²) in [6, 6.07) is 4.93. The van der Waals surface area contributed by atoms with Gasteiger partial charge >= 0.3 is 0 Å². The van der Waals surface area contributed by atoms with Crippen molar-refractivity contribution in [2.75, 3.05) is 26.7 Å². The normalized spacial score (nSPS) is 18.7. The van der Waals surface area contributed by atoms with Gasteiger partial charge in [-0.05, 0) is 25.1 Å². The summed E-state index contributed by atoms with van der Waals surface area (Å²) in [6.45, 7) is 6.17. The minimum Gasteiger partial charge on any atom is -0.472 e. The summed E-state index contributed by atoms with van der Waals surface area (Å²) in [7, 11) is 1.74. The molecule has 2 aromatic heterocycles. The molecule has 0 radical (unpaired) electrons. The Balaban J connectivity index is 1.98. The van der Waals surface area contributed by atoms with Crippen molar-refractivity contribution in [3.8, 4) is 17.7 Å². The fraction of sp³-hybridized carbons (Fsp3) is 0.440. The van der Waals surface area contributed by atoms with Crippen molar-refractivity contribution in [1.82, 2.24) is 19.8 Å². The number of aromatic nitrogens is 2. The van der Waals surface area contributed by atoms with Gasteiger partial charge in [-0.25, -0.2) is 4.98 Å². The Morgan fingerprint density at radius 1 is 1.36 bits per heavy atom. The minimum absolute atomic E-state index is 0.0127. The third kappa shape index (κ3) is 5.88. The van der Waals surface area contributed by atoms with E-state index in [4.69, 9.17) is 4.74 Å². The van der Waals surface area contributed by atoms with Crippen LogP contribution in [0.4, 0.5) is 0 Å². The zero-order chi connectivity index (χ0) is 24.0. The van der Waals surface area contributed by atoms with Crippen molar-refractivity contribution in [3.63, 3.8) is 0 Å². The zero-order valence-corrected chi connectivity index (χ0v) is 19.5. The van der Waals surface area contributed by atoms with Gasteiger partial charge in [0.25, 0.3) is 5.91 Å². The Kier molecular flexibility index (Phi) is 8.01. The highest BCUT2D eigenvalue weighted by atomic mass is 16.5. The van der Waals surface area contributed by atoms with E-state index in [1.54, 1.807) is 54.5 Å². The SMILES string of the molecule is CCC(=O)N(C)C[C@H]1Oc2ncc(C#Cc3cccnc3)cc2C(=O)N([C@H](C)CO)C[C@@H]1C. The van der Waals surface area contributed by atoms with Crippen LogP contribution >= 0.6 is 0 Å². The van der Waals surface area contributed by atoms with Crippen molar-refractivity contribution in [2.45, 2.75) is 39.3 Å². The van der Waals surface area contributed by atoms with E-state index in [-0.39, 0.29) is 47.9 Å². The highest BCUT2D eigenvalue weighted by molar-refractivity contribution is 5.97. The van der Waals surface area contributed by atoms with Crippen LogP contribution in [0, 0.1) is 17.8 Å². The summed E-state index contributed by atoms with van der Waals surface area (Å²) in [6.07, 6.45) is 4.93. The van der Waals surface area contributed by atoms with Gasteiger partial charge < -0.3 is 19.6 Å². The maximum atomic E-state index is 13.4. The number of hydrogen-bond acceptors (Lipinski definition) is 6. The quantitative estimate of drug-likeness (QED) is 0.700. The Hall–Kier alpha value is -3.44. The molecule has 0 unspecified atom stereocenters. The largest absolute Gasteiger partial charge is 0.472 e. The lowest BCUT2D eigenvalue weighted by atomic mass is 10.00. The van der Waals surface area contributed by atoms with Crippen LogP contribution in [-0.4, -0.2) is 75.6 Å². The van der Waals surface area contributed by atoms with Crippen LogP contribution in [0.3, 0.4) is 0 Å². The van der Waals surface area contributed by atoms with Gasteiger partial charge in [0.05, 0.1) is 19.2 Å². The molecule has 0 saturated heterocycles. The zero-order valence-electron chi connectivity index (χ0n) is 19.5. The molecule has 1 N–H and O–H groups in total. The van der Waals surface area contributed by atoms with Gasteiger partial charge in [-0.15, -0.1) is 0 Å². The number of aliphatic hydroxyl groups excluding tert-OH is 1. The van der Waals surface area contributed by atoms with Crippen LogP contribution in [0.5, 0.6) is 5.88 Å². The number of ether oxygens (including phenoxy) is 1. The number of pyridine rings is 2. The summed E-state index contributed by atoms with van der Waals surface area (Å²) in [4.78, 5) is 37.3. The van der Waals surface area contributed by atoms with Crippen molar-refractivity contribution in [1.29, 1.82) is 0 Å². The highest BCUT2D eigenvalue weighted by Crippen LogP contribution is 2.27. The molecule has 0 spiro atoms. The molecule has 0 fully saturated rings. The van der Waals surface area contributed by atoms with Crippen LogP contribution < -0.4 is 4.74 Å². The summed E-state index contributed by atoms with van der Waals surface area (Å²) in [5, 5.41) is 9.76. The third-order valence-electron chi connectivity index (χ3n) is 5.72. The van der Waals surface area contributed by atoms with Gasteiger partial charge in [-0.3, -0.25) is 14.6 Å². The van der Waals surface area contributed by atoms with E-state index in [9.17, 15) is 14.7 Å². The van der Waals surface area contributed by atoms with Crippen LogP contribution in [-0.2, 0) is 4.79 Å². The average molecular weight is 451 g/mol. The highest BCUT2D eigenvalue weighted by Gasteiger charge is 2.34. The molecule has 174 valence electrons. The number of carbonyl (C=O) groups excluding carboxylic acids is 2. The minimum atomic E-state index is -0.383. The number of amides is 2. The standard InChI is InChI=1S/C25H30N4O4/c1-5-23(31)28(4)15-22-17(2)14-29(18(3)16-30)25(32)21-11-20(13-27-24(21)33-22)9-8-19-7-6-10-26-12-19/h6-7,10-13,17-18,22,30H,5,14-16H2,1-4H3/t17-,18+,22+/m0/s1. The second kappa shape index (κ2) is 10.9. The first-order valence-corrected chi connectivity index (χ1v) is 11.1. The molecule has 0 bridgehead atoms. The molecular weight excluding hydrogens is 420 g/mol. The number of hydrogen-bond donors (Lipinski definition) is 1. The van der Waals surface area contributed by atoms with E-state index >= 15 is 0 Å². The van der Waals surface area contributed by atoms with Crippen molar-refractivity contribution >= 4 is 11.8 Å². The first kappa shape index (κ1) is 24.2. The molecule has 8 heteroatoms. The summed E-state index contributed by atoms with van der Waals surface area (Å²) in [5.41, 5.74) is 1.60. The van der Waals surface area contributed by atoms with E-state index in [0.717, 1.165) is 5.56 Å². The topological polar surface area (TPSA) is 95.9 Å². The summed E-state index contributed by atoms with van der Waals surface area (Å²) < 4.78 is 6.19. The Morgan fingerprint density at radius 2 is 2.12 bits per heavy atom. The molecule has 0 saturated carbocycles. The van der Waals surface area contributed by atoms with Gasteiger partial charge in [0.1, 0.15) is 11.7 Å². The molecular formula is C25H30N4O4.